The van der Waals surface area contributed by atoms with Crippen LogP contribution in [0.5, 0.6) is 0 Å². The Labute approximate surface area is 143 Å². The van der Waals surface area contributed by atoms with Gasteiger partial charge in [-0.1, -0.05) is 41.7 Å². The molecule has 2 heterocycles. The number of thiazole rings is 1. The Kier molecular flexibility index (Phi) is 3.57. The van der Waals surface area contributed by atoms with Gasteiger partial charge < -0.3 is 0 Å². The monoisotopic (exact) mass is 363 g/mol. The predicted molar refractivity (Wildman–Crippen MR) is 87.1 cm³/mol. The standard InChI is InChI=1S/C17H9F4N3S/c18-11-6-7-12-14(8-11)25-16(22-12)24-13(10-4-2-1-3-5-10)9-15(23-24)17(19,20)21/h1-9H. The van der Waals surface area contributed by atoms with Gasteiger partial charge in [0.2, 0.25) is 5.13 Å². The molecule has 0 bridgehead atoms. The molecule has 0 atom stereocenters. The lowest BCUT2D eigenvalue weighted by Crippen LogP contribution is -2.07. The van der Waals surface area contributed by atoms with Crippen LogP contribution < -0.4 is 0 Å². The third-order valence-corrected chi connectivity index (χ3v) is 4.58. The highest BCUT2D eigenvalue weighted by molar-refractivity contribution is 7.20. The zero-order valence-corrected chi connectivity index (χ0v) is 13.3. The number of rotatable bonds is 2. The van der Waals surface area contributed by atoms with Gasteiger partial charge in [-0.3, -0.25) is 0 Å². The number of nitrogens with zero attached hydrogens (tertiary/aromatic N) is 3. The number of alkyl halides is 3. The first-order valence-corrected chi connectivity index (χ1v) is 8.02. The van der Waals surface area contributed by atoms with E-state index in [-0.39, 0.29) is 10.8 Å². The van der Waals surface area contributed by atoms with Crippen LogP contribution in [0.1, 0.15) is 5.69 Å². The molecule has 8 heteroatoms. The lowest BCUT2D eigenvalue weighted by atomic mass is 10.1. The van der Waals surface area contributed by atoms with E-state index in [0.717, 1.165) is 22.1 Å². The molecule has 0 amide bonds. The van der Waals surface area contributed by atoms with Crippen molar-refractivity contribution in [2.24, 2.45) is 0 Å². The van der Waals surface area contributed by atoms with Gasteiger partial charge in [0, 0.05) is 5.56 Å². The van der Waals surface area contributed by atoms with E-state index in [2.05, 4.69) is 10.1 Å². The second kappa shape index (κ2) is 5.66. The van der Waals surface area contributed by atoms with E-state index in [1.807, 2.05) is 0 Å². The second-order valence-corrected chi connectivity index (χ2v) is 6.31. The zero-order valence-electron chi connectivity index (χ0n) is 12.5. The molecule has 2 aromatic heterocycles. The fraction of sp³-hybridized carbons (Fsp3) is 0.0588. The lowest BCUT2D eigenvalue weighted by molar-refractivity contribution is -0.141. The normalized spacial score (nSPS) is 12.0. The van der Waals surface area contributed by atoms with Crippen molar-refractivity contribution >= 4 is 21.6 Å². The molecule has 0 aliphatic rings. The molecule has 0 aliphatic carbocycles. The zero-order chi connectivity index (χ0) is 17.6. The maximum absolute atomic E-state index is 13.4. The fourth-order valence-corrected chi connectivity index (χ4v) is 3.41. The topological polar surface area (TPSA) is 30.7 Å². The molecule has 0 radical (unpaired) electrons. The molecule has 4 aromatic rings. The number of benzene rings is 2. The van der Waals surface area contributed by atoms with Gasteiger partial charge in [-0.05, 0) is 24.3 Å². The molecule has 0 N–H and O–H groups in total. The Morgan fingerprint density at radius 1 is 0.960 bits per heavy atom. The average molecular weight is 363 g/mol. The minimum Gasteiger partial charge on any atom is -0.218 e. The number of halogens is 4. The van der Waals surface area contributed by atoms with E-state index in [9.17, 15) is 17.6 Å². The van der Waals surface area contributed by atoms with E-state index in [1.54, 1.807) is 30.3 Å². The van der Waals surface area contributed by atoms with Crippen molar-refractivity contribution in [3.8, 4) is 16.4 Å². The van der Waals surface area contributed by atoms with Crippen molar-refractivity contribution in [1.82, 2.24) is 14.8 Å². The van der Waals surface area contributed by atoms with Crippen LogP contribution in [0.2, 0.25) is 0 Å². The first-order valence-electron chi connectivity index (χ1n) is 7.21. The molecule has 126 valence electrons. The van der Waals surface area contributed by atoms with Crippen molar-refractivity contribution < 1.29 is 17.6 Å². The third-order valence-electron chi connectivity index (χ3n) is 3.59. The minimum absolute atomic E-state index is 0.245. The smallest absolute Gasteiger partial charge is 0.218 e. The summed E-state index contributed by atoms with van der Waals surface area (Å²) in [6, 6.07) is 13.7. The van der Waals surface area contributed by atoms with Gasteiger partial charge in [0.15, 0.2) is 5.69 Å². The number of hydrogen-bond donors (Lipinski definition) is 0. The Hall–Kier alpha value is -2.74. The van der Waals surface area contributed by atoms with Gasteiger partial charge in [-0.25, -0.2) is 14.1 Å². The number of hydrogen-bond acceptors (Lipinski definition) is 3. The fourth-order valence-electron chi connectivity index (χ4n) is 2.46. The van der Waals surface area contributed by atoms with Crippen LogP contribution in [0.15, 0.2) is 54.6 Å². The quantitative estimate of drug-likeness (QED) is 0.452. The molecule has 2 aromatic carbocycles. The summed E-state index contributed by atoms with van der Waals surface area (Å²) in [5, 5.41) is 3.94. The Morgan fingerprint density at radius 3 is 2.44 bits per heavy atom. The van der Waals surface area contributed by atoms with Crippen LogP contribution in [0, 0.1) is 5.82 Å². The first kappa shape index (κ1) is 15.8. The largest absolute Gasteiger partial charge is 0.435 e. The molecule has 0 saturated carbocycles. The summed E-state index contributed by atoms with van der Waals surface area (Å²) >= 11 is 1.08. The summed E-state index contributed by atoms with van der Waals surface area (Å²) in [7, 11) is 0. The minimum atomic E-state index is -4.57. The summed E-state index contributed by atoms with van der Waals surface area (Å²) < 4.78 is 54.4. The Bertz CT molecular complexity index is 1050. The summed E-state index contributed by atoms with van der Waals surface area (Å²) in [5.41, 5.74) is 0.352. The van der Waals surface area contributed by atoms with Crippen molar-refractivity contribution in [1.29, 1.82) is 0 Å². The molecular weight excluding hydrogens is 354 g/mol. The maximum Gasteiger partial charge on any atom is 0.435 e. The lowest BCUT2D eigenvalue weighted by Gasteiger charge is -2.03. The van der Waals surface area contributed by atoms with E-state index >= 15 is 0 Å². The van der Waals surface area contributed by atoms with Crippen LogP contribution in [-0.4, -0.2) is 14.8 Å². The van der Waals surface area contributed by atoms with Crippen molar-refractivity contribution in [2.45, 2.75) is 6.18 Å². The Morgan fingerprint density at radius 2 is 1.72 bits per heavy atom. The van der Waals surface area contributed by atoms with Gasteiger partial charge in [0.1, 0.15) is 5.82 Å². The highest BCUT2D eigenvalue weighted by Crippen LogP contribution is 2.35. The van der Waals surface area contributed by atoms with Crippen LogP contribution in [0.4, 0.5) is 17.6 Å². The van der Waals surface area contributed by atoms with Crippen LogP contribution >= 0.6 is 11.3 Å². The van der Waals surface area contributed by atoms with Crippen LogP contribution in [0.25, 0.3) is 26.6 Å². The third kappa shape index (κ3) is 2.89. The van der Waals surface area contributed by atoms with E-state index in [4.69, 9.17) is 0 Å². The molecule has 0 aliphatic heterocycles. The summed E-state index contributed by atoms with van der Waals surface area (Å²) in [6.45, 7) is 0. The van der Waals surface area contributed by atoms with Gasteiger partial charge in [0.05, 0.1) is 15.9 Å². The number of fused-ring (bicyclic) bond motifs is 1. The highest BCUT2D eigenvalue weighted by Gasteiger charge is 2.35. The summed E-state index contributed by atoms with van der Waals surface area (Å²) in [4.78, 5) is 4.29. The predicted octanol–water partition coefficient (Wildman–Crippen LogP) is 5.31. The van der Waals surface area contributed by atoms with E-state index < -0.39 is 17.7 Å². The van der Waals surface area contributed by atoms with Crippen molar-refractivity contribution in [3.63, 3.8) is 0 Å². The molecule has 0 spiro atoms. The van der Waals surface area contributed by atoms with Crippen molar-refractivity contribution in [3.05, 3.63) is 66.1 Å². The Balaban J connectivity index is 1.94. The highest BCUT2D eigenvalue weighted by atomic mass is 32.1. The second-order valence-electron chi connectivity index (χ2n) is 5.30. The molecule has 25 heavy (non-hydrogen) atoms. The maximum atomic E-state index is 13.4. The van der Waals surface area contributed by atoms with E-state index in [0.29, 0.717) is 15.8 Å². The molecule has 3 nitrogen and oxygen atoms in total. The van der Waals surface area contributed by atoms with Crippen LogP contribution in [-0.2, 0) is 6.18 Å². The first-order chi connectivity index (χ1) is 11.9. The molecular formula is C17H9F4N3S. The van der Waals surface area contributed by atoms with Crippen LogP contribution in [0.3, 0.4) is 0 Å². The van der Waals surface area contributed by atoms with Gasteiger partial charge >= 0.3 is 6.18 Å². The molecule has 0 saturated heterocycles. The molecule has 0 unspecified atom stereocenters. The average Bonchev–Trinajstić information content (AvgIpc) is 3.18. The summed E-state index contributed by atoms with van der Waals surface area (Å²) in [6.07, 6.45) is -4.57. The number of aromatic nitrogens is 3. The van der Waals surface area contributed by atoms with Gasteiger partial charge in [0.25, 0.3) is 0 Å². The van der Waals surface area contributed by atoms with Crippen molar-refractivity contribution in [2.75, 3.05) is 0 Å². The van der Waals surface area contributed by atoms with Gasteiger partial charge in [-0.2, -0.15) is 18.3 Å². The molecule has 0 fully saturated rings. The van der Waals surface area contributed by atoms with Gasteiger partial charge in [-0.15, -0.1) is 0 Å². The SMILES string of the molecule is Fc1ccc2nc(-n3nc(C(F)(F)F)cc3-c3ccccc3)sc2c1. The molecule has 4 rings (SSSR count). The summed E-state index contributed by atoms with van der Waals surface area (Å²) in [5.74, 6) is -0.428. The van der Waals surface area contributed by atoms with E-state index in [1.165, 1.54) is 18.2 Å².